The Hall–Kier alpha value is -2.06. The van der Waals surface area contributed by atoms with Crippen LogP contribution in [0.25, 0.3) is 15.7 Å². The number of benzene rings is 2. The summed E-state index contributed by atoms with van der Waals surface area (Å²) < 4.78 is 1.38. The van der Waals surface area contributed by atoms with Crippen LogP contribution in [0, 0.1) is 5.41 Å². The number of rotatable bonds is 2. The van der Waals surface area contributed by atoms with Crippen LogP contribution in [-0.4, -0.2) is 0 Å². The van der Waals surface area contributed by atoms with E-state index in [9.17, 15) is 0 Å². The third-order valence-corrected chi connectivity index (χ3v) is 6.96. The van der Waals surface area contributed by atoms with E-state index in [0.717, 1.165) is 18.5 Å². The molecule has 0 unspecified atom stereocenters. The monoisotopic (exact) mass is 389 g/mol. The minimum atomic E-state index is 0.182. The molecule has 0 atom stereocenters. The molecule has 0 spiro atoms. The topological polar surface area (TPSA) is 12.0 Å². The van der Waals surface area contributed by atoms with Crippen molar-refractivity contribution in [2.24, 2.45) is 5.41 Å². The van der Waals surface area contributed by atoms with E-state index in [1.165, 1.54) is 31.8 Å². The van der Waals surface area contributed by atoms with Gasteiger partial charge in [0.25, 0.3) is 0 Å². The Balaban J connectivity index is 1.74. The van der Waals surface area contributed by atoms with Gasteiger partial charge in [0.1, 0.15) is 0 Å². The highest BCUT2D eigenvalue weighted by molar-refractivity contribution is 7.21. The second-order valence-electron chi connectivity index (χ2n) is 9.95. The molecule has 4 rings (SSSR count). The number of hydrogen-bond donors (Lipinski definition) is 1. The summed E-state index contributed by atoms with van der Waals surface area (Å²) in [5.41, 5.74) is 7.15. The molecule has 0 fully saturated rings. The largest absolute Gasteiger partial charge is 0.354 e. The van der Waals surface area contributed by atoms with E-state index in [1.54, 1.807) is 5.56 Å². The highest BCUT2D eigenvalue weighted by atomic mass is 32.1. The van der Waals surface area contributed by atoms with Crippen molar-refractivity contribution in [2.75, 3.05) is 5.32 Å². The van der Waals surface area contributed by atoms with Gasteiger partial charge in [-0.2, -0.15) is 0 Å². The first-order chi connectivity index (χ1) is 13.1. The highest BCUT2D eigenvalue weighted by Gasteiger charge is 2.27. The van der Waals surface area contributed by atoms with Crippen molar-refractivity contribution < 1.29 is 0 Å². The van der Waals surface area contributed by atoms with Crippen LogP contribution in [0.2, 0.25) is 0 Å². The van der Waals surface area contributed by atoms with E-state index >= 15 is 0 Å². The second-order valence-corrected chi connectivity index (χ2v) is 11.0. The van der Waals surface area contributed by atoms with Gasteiger partial charge in [-0.25, -0.2) is 0 Å². The van der Waals surface area contributed by atoms with Crippen LogP contribution in [0.1, 0.15) is 64.0 Å². The number of aryl methyl sites for hydroxylation is 1. The van der Waals surface area contributed by atoms with Gasteiger partial charge < -0.3 is 5.32 Å². The zero-order valence-corrected chi connectivity index (χ0v) is 18.8. The Morgan fingerprint density at radius 1 is 0.857 bits per heavy atom. The zero-order chi connectivity index (χ0) is 20.1. The van der Waals surface area contributed by atoms with Crippen molar-refractivity contribution in [3.63, 3.8) is 0 Å². The molecule has 28 heavy (non-hydrogen) atoms. The van der Waals surface area contributed by atoms with E-state index in [1.807, 2.05) is 11.3 Å². The Bertz CT molecular complexity index is 1040. The number of anilines is 2. The van der Waals surface area contributed by atoms with Gasteiger partial charge in [0.05, 0.1) is 10.4 Å². The minimum absolute atomic E-state index is 0.182. The lowest BCUT2D eigenvalue weighted by atomic mass is 9.80. The standard InChI is InChI=1S/C26H31NS/c1-25(2,3)17-13-15-18(16-14-17)27-22-12-8-10-20-19-9-7-11-21(26(4,5)6)23(19)28-24(20)22/h8,10-16,27H,7,9H2,1-6H3. The van der Waals surface area contributed by atoms with Crippen LogP contribution < -0.4 is 5.32 Å². The fourth-order valence-corrected chi connectivity index (χ4v) is 5.61. The van der Waals surface area contributed by atoms with Crippen molar-refractivity contribution in [2.45, 2.75) is 59.8 Å². The molecule has 1 heterocycles. The van der Waals surface area contributed by atoms with Gasteiger partial charge in [0.15, 0.2) is 0 Å². The van der Waals surface area contributed by atoms with Crippen molar-refractivity contribution in [3.8, 4) is 0 Å². The van der Waals surface area contributed by atoms with Gasteiger partial charge in [-0.3, -0.25) is 0 Å². The Kier molecular flexibility index (Phi) is 4.66. The zero-order valence-electron chi connectivity index (χ0n) is 17.9. The molecule has 1 aliphatic rings. The molecule has 1 aliphatic carbocycles. The van der Waals surface area contributed by atoms with E-state index in [4.69, 9.17) is 0 Å². The first-order valence-corrected chi connectivity index (χ1v) is 11.1. The first kappa shape index (κ1) is 19.3. The van der Waals surface area contributed by atoms with Crippen LogP contribution in [0.4, 0.5) is 11.4 Å². The summed E-state index contributed by atoms with van der Waals surface area (Å²) in [5, 5.41) is 5.10. The maximum Gasteiger partial charge on any atom is 0.0587 e. The lowest BCUT2D eigenvalue weighted by molar-refractivity contribution is 0.563. The molecule has 146 valence electrons. The maximum absolute atomic E-state index is 3.68. The summed E-state index contributed by atoms with van der Waals surface area (Å²) in [4.78, 5) is 1.49. The van der Waals surface area contributed by atoms with Gasteiger partial charge in [-0.15, -0.1) is 11.3 Å². The number of allylic oxidation sites excluding steroid dienone is 2. The summed E-state index contributed by atoms with van der Waals surface area (Å²) in [6.45, 7) is 13.8. The lowest BCUT2D eigenvalue weighted by Gasteiger charge is -2.26. The van der Waals surface area contributed by atoms with E-state index in [-0.39, 0.29) is 10.8 Å². The van der Waals surface area contributed by atoms with Crippen LogP contribution in [0.5, 0.6) is 0 Å². The number of thiophene rings is 1. The normalized spacial score (nSPS) is 14.7. The average molecular weight is 390 g/mol. The van der Waals surface area contributed by atoms with Crippen LogP contribution in [0.15, 0.2) is 48.5 Å². The predicted molar refractivity (Wildman–Crippen MR) is 126 cm³/mol. The van der Waals surface area contributed by atoms with Crippen molar-refractivity contribution in [1.82, 2.24) is 0 Å². The summed E-state index contributed by atoms with van der Waals surface area (Å²) >= 11 is 1.96. The molecule has 0 bridgehead atoms. The number of nitrogens with one attached hydrogen (secondary N) is 1. The van der Waals surface area contributed by atoms with Crippen molar-refractivity contribution >= 4 is 38.4 Å². The third kappa shape index (κ3) is 3.51. The second kappa shape index (κ2) is 6.77. The summed E-state index contributed by atoms with van der Waals surface area (Å²) in [7, 11) is 0. The Morgan fingerprint density at radius 3 is 2.21 bits per heavy atom. The van der Waals surface area contributed by atoms with Crippen LogP contribution >= 0.6 is 11.3 Å². The maximum atomic E-state index is 3.68. The van der Waals surface area contributed by atoms with E-state index < -0.39 is 0 Å². The molecule has 0 radical (unpaired) electrons. The van der Waals surface area contributed by atoms with Crippen LogP contribution in [0.3, 0.4) is 0 Å². The molecule has 2 heteroatoms. The van der Waals surface area contributed by atoms with E-state index in [2.05, 4.69) is 95.4 Å². The summed E-state index contributed by atoms with van der Waals surface area (Å²) in [6, 6.07) is 15.6. The van der Waals surface area contributed by atoms with Gasteiger partial charge in [-0.05, 0) is 64.0 Å². The highest BCUT2D eigenvalue weighted by Crippen LogP contribution is 2.48. The molecular formula is C26H31NS. The molecule has 0 saturated carbocycles. The fraction of sp³-hybridized carbons (Fsp3) is 0.385. The SMILES string of the molecule is CC(C)(C)C1=CCCc2c1sc1c(Nc3ccc(C(C)(C)C)cc3)cccc21. The average Bonchev–Trinajstić information content (AvgIpc) is 3.00. The number of fused-ring (bicyclic) bond motifs is 3. The molecular weight excluding hydrogens is 358 g/mol. The molecule has 0 amide bonds. The van der Waals surface area contributed by atoms with E-state index in [0.29, 0.717) is 0 Å². The first-order valence-electron chi connectivity index (χ1n) is 10.3. The molecule has 2 aromatic carbocycles. The van der Waals surface area contributed by atoms with Crippen LogP contribution in [-0.2, 0) is 11.8 Å². The molecule has 3 aromatic rings. The Labute approximate surface area is 173 Å². The quantitative estimate of drug-likeness (QED) is 0.464. The summed E-state index contributed by atoms with van der Waals surface area (Å²) in [5.74, 6) is 0. The smallest absolute Gasteiger partial charge is 0.0587 e. The number of hydrogen-bond acceptors (Lipinski definition) is 2. The fourth-order valence-electron chi connectivity index (χ4n) is 4.04. The van der Waals surface area contributed by atoms with Gasteiger partial charge in [-0.1, -0.05) is 71.9 Å². The Morgan fingerprint density at radius 2 is 1.57 bits per heavy atom. The van der Waals surface area contributed by atoms with Crippen molar-refractivity contribution in [1.29, 1.82) is 0 Å². The molecule has 1 aromatic heterocycles. The predicted octanol–water partition coefficient (Wildman–Crippen LogP) is 8.32. The van der Waals surface area contributed by atoms with Crippen molar-refractivity contribution in [3.05, 3.63) is 64.5 Å². The lowest BCUT2D eigenvalue weighted by Crippen LogP contribution is -2.11. The van der Waals surface area contributed by atoms with Gasteiger partial charge >= 0.3 is 0 Å². The molecule has 0 aliphatic heterocycles. The van der Waals surface area contributed by atoms with Gasteiger partial charge in [0.2, 0.25) is 0 Å². The van der Waals surface area contributed by atoms with Gasteiger partial charge in [0, 0.05) is 10.6 Å². The third-order valence-electron chi connectivity index (χ3n) is 5.64. The molecule has 0 saturated heterocycles. The summed E-state index contributed by atoms with van der Waals surface area (Å²) in [6.07, 6.45) is 4.76. The molecule has 1 nitrogen and oxygen atoms in total. The molecule has 1 N–H and O–H groups in total. The minimum Gasteiger partial charge on any atom is -0.354 e.